The highest BCUT2D eigenvalue weighted by Crippen LogP contribution is 2.18. The molecule has 2 heterocycles. The van der Waals surface area contributed by atoms with Crippen LogP contribution < -0.4 is 21.5 Å². The monoisotopic (exact) mass is 297 g/mol. The van der Waals surface area contributed by atoms with Crippen molar-refractivity contribution in [3.63, 3.8) is 0 Å². The van der Waals surface area contributed by atoms with Crippen molar-refractivity contribution >= 4 is 17.8 Å². The number of rotatable bonds is 9. The van der Waals surface area contributed by atoms with Crippen molar-refractivity contribution in [2.75, 3.05) is 62.2 Å². The minimum absolute atomic E-state index is 0.356. The molecule has 0 saturated carbocycles. The van der Waals surface area contributed by atoms with Gasteiger partial charge in [-0.1, -0.05) is 0 Å². The number of ether oxygens (including phenoxy) is 2. The number of nitrogen functional groups attached to an aromatic ring is 1. The molecule has 1 aliphatic heterocycles. The van der Waals surface area contributed by atoms with Crippen LogP contribution in [-0.4, -0.2) is 61.5 Å². The van der Waals surface area contributed by atoms with E-state index in [0.29, 0.717) is 44.2 Å². The molecule has 0 aromatic carbocycles. The van der Waals surface area contributed by atoms with E-state index in [1.165, 1.54) is 0 Å². The predicted octanol–water partition coefficient (Wildman–Crippen LogP) is -0.168. The molecule has 1 saturated heterocycles. The minimum atomic E-state index is 0.356. The Bertz CT molecular complexity index is 426. The Morgan fingerprint density at radius 1 is 1.10 bits per heavy atom. The van der Waals surface area contributed by atoms with E-state index in [-0.39, 0.29) is 0 Å². The van der Waals surface area contributed by atoms with Gasteiger partial charge in [-0.3, -0.25) is 5.43 Å². The lowest BCUT2D eigenvalue weighted by molar-refractivity contribution is 0.0759. The maximum atomic E-state index is 5.41. The Balaban J connectivity index is 1.87. The Morgan fingerprint density at radius 2 is 1.86 bits per heavy atom. The maximum Gasteiger partial charge on any atom is 0.243 e. The second-order valence-corrected chi connectivity index (χ2v) is 4.65. The van der Waals surface area contributed by atoms with Crippen LogP contribution in [0.5, 0.6) is 0 Å². The number of hydrazine groups is 1. The van der Waals surface area contributed by atoms with Gasteiger partial charge in [0.15, 0.2) is 0 Å². The van der Waals surface area contributed by atoms with Gasteiger partial charge in [0, 0.05) is 26.7 Å². The van der Waals surface area contributed by atoms with E-state index in [1.54, 1.807) is 7.11 Å². The summed E-state index contributed by atoms with van der Waals surface area (Å²) in [5, 5.41) is 3.11. The Labute approximate surface area is 124 Å². The summed E-state index contributed by atoms with van der Waals surface area (Å²) in [7, 11) is 1.65. The summed E-state index contributed by atoms with van der Waals surface area (Å²) in [6.07, 6.45) is 2.32. The SMILES string of the molecule is COCCOCCNc1nc(NN)nc(N2CCCC2)n1. The molecule has 9 nitrogen and oxygen atoms in total. The molecule has 21 heavy (non-hydrogen) atoms. The lowest BCUT2D eigenvalue weighted by Crippen LogP contribution is -2.23. The van der Waals surface area contributed by atoms with Crippen LogP contribution in [0.4, 0.5) is 17.8 Å². The summed E-state index contributed by atoms with van der Waals surface area (Å²) >= 11 is 0. The lowest BCUT2D eigenvalue weighted by Gasteiger charge is -2.16. The molecular weight excluding hydrogens is 274 g/mol. The molecule has 0 amide bonds. The number of anilines is 3. The van der Waals surface area contributed by atoms with Crippen molar-refractivity contribution in [2.45, 2.75) is 12.8 Å². The highest BCUT2D eigenvalue weighted by molar-refractivity contribution is 5.43. The van der Waals surface area contributed by atoms with Crippen LogP contribution >= 0.6 is 0 Å². The Hall–Kier alpha value is -1.71. The molecule has 9 heteroatoms. The molecule has 1 fully saturated rings. The number of nitrogens with one attached hydrogen (secondary N) is 2. The van der Waals surface area contributed by atoms with E-state index in [4.69, 9.17) is 15.3 Å². The molecule has 0 bridgehead atoms. The topological polar surface area (TPSA) is 110 Å². The highest BCUT2D eigenvalue weighted by Gasteiger charge is 2.17. The van der Waals surface area contributed by atoms with Crippen LogP contribution in [0.3, 0.4) is 0 Å². The minimum Gasteiger partial charge on any atom is -0.382 e. The number of nitrogens with two attached hydrogens (primary N) is 1. The van der Waals surface area contributed by atoms with E-state index in [9.17, 15) is 0 Å². The molecule has 0 atom stereocenters. The van der Waals surface area contributed by atoms with Crippen molar-refractivity contribution in [3.8, 4) is 0 Å². The van der Waals surface area contributed by atoms with Gasteiger partial charge in [0.25, 0.3) is 0 Å². The fraction of sp³-hybridized carbons (Fsp3) is 0.750. The van der Waals surface area contributed by atoms with Crippen molar-refractivity contribution in [1.29, 1.82) is 0 Å². The van der Waals surface area contributed by atoms with Crippen molar-refractivity contribution < 1.29 is 9.47 Å². The second-order valence-electron chi connectivity index (χ2n) is 4.65. The summed E-state index contributed by atoms with van der Waals surface area (Å²) in [5.41, 5.74) is 2.47. The van der Waals surface area contributed by atoms with Crippen LogP contribution in [0, 0.1) is 0 Å². The third kappa shape index (κ3) is 4.96. The smallest absolute Gasteiger partial charge is 0.243 e. The van der Waals surface area contributed by atoms with Crippen molar-refractivity contribution in [2.24, 2.45) is 5.84 Å². The van der Waals surface area contributed by atoms with E-state index in [0.717, 1.165) is 25.9 Å². The number of hydrogen-bond donors (Lipinski definition) is 3. The molecule has 118 valence electrons. The first kappa shape index (κ1) is 15.7. The van der Waals surface area contributed by atoms with Crippen LogP contribution in [0.25, 0.3) is 0 Å². The fourth-order valence-electron chi connectivity index (χ4n) is 2.05. The van der Waals surface area contributed by atoms with Gasteiger partial charge in [0.2, 0.25) is 17.8 Å². The molecule has 2 rings (SSSR count). The summed E-state index contributed by atoms with van der Waals surface area (Å²) in [4.78, 5) is 15.0. The average molecular weight is 297 g/mol. The highest BCUT2D eigenvalue weighted by atomic mass is 16.5. The molecule has 1 aliphatic rings. The average Bonchev–Trinajstić information content (AvgIpc) is 3.05. The first-order chi connectivity index (χ1) is 10.3. The second kappa shape index (κ2) is 8.55. The van der Waals surface area contributed by atoms with Crippen LogP contribution in [-0.2, 0) is 9.47 Å². The van der Waals surface area contributed by atoms with E-state index in [1.807, 2.05) is 0 Å². The molecule has 1 aromatic rings. The van der Waals surface area contributed by atoms with Gasteiger partial charge in [-0.2, -0.15) is 15.0 Å². The van der Waals surface area contributed by atoms with Gasteiger partial charge in [-0.15, -0.1) is 0 Å². The maximum absolute atomic E-state index is 5.41. The van der Waals surface area contributed by atoms with Crippen LogP contribution in [0.15, 0.2) is 0 Å². The standard InChI is InChI=1S/C12H23N7O2/c1-20-8-9-21-7-4-14-10-15-11(18-13)17-12(16-10)19-5-2-3-6-19/h2-9,13H2,1H3,(H2,14,15,16,17,18). The number of nitrogens with zero attached hydrogens (tertiary/aromatic N) is 4. The van der Waals surface area contributed by atoms with E-state index >= 15 is 0 Å². The number of hydrogen-bond acceptors (Lipinski definition) is 9. The van der Waals surface area contributed by atoms with Gasteiger partial charge >= 0.3 is 0 Å². The summed E-state index contributed by atoms with van der Waals surface area (Å²) in [6, 6.07) is 0. The molecule has 1 aromatic heterocycles. The Morgan fingerprint density at radius 3 is 2.57 bits per heavy atom. The van der Waals surface area contributed by atoms with Gasteiger partial charge in [-0.25, -0.2) is 5.84 Å². The Kier molecular flexibility index (Phi) is 6.38. The van der Waals surface area contributed by atoms with Gasteiger partial charge in [0.1, 0.15) is 0 Å². The third-order valence-corrected chi connectivity index (χ3v) is 3.10. The normalized spacial score (nSPS) is 14.5. The fourth-order valence-corrected chi connectivity index (χ4v) is 2.05. The van der Waals surface area contributed by atoms with Crippen LogP contribution in [0.2, 0.25) is 0 Å². The molecule has 4 N–H and O–H groups in total. The number of aromatic nitrogens is 3. The molecule has 0 aliphatic carbocycles. The predicted molar refractivity (Wildman–Crippen MR) is 80.3 cm³/mol. The first-order valence-electron chi connectivity index (χ1n) is 7.11. The van der Waals surface area contributed by atoms with Crippen molar-refractivity contribution in [1.82, 2.24) is 15.0 Å². The zero-order chi connectivity index (χ0) is 14.9. The molecular formula is C12H23N7O2. The quantitative estimate of drug-likeness (QED) is 0.325. The van der Waals surface area contributed by atoms with Crippen LogP contribution in [0.1, 0.15) is 12.8 Å². The van der Waals surface area contributed by atoms with Gasteiger partial charge in [-0.05, 0) is 12.8 Å². The van der Waals surface area contributed by atoms with Gasteiger partial charge < -0.3 is 19.7 Å². The molecule has 0 radical (unpaired) electrons. The summed E-state index contributed by atoms with van der Waals surface area (Å²) < 4.78 is 10.3. The van der Waals surface area contributed by atoms with Gasteiger partial charge in [0.05, 0.1) is 19.8 Å². The first-order valence-corrected chi connectivity index (χ1v) is 7.11. The molecule has 0 unspecified atom stereocenters. The zero-order valence-electron chi connectivity index (χ0n) is 12.3. The zero-order valence-corrected chi connectivity index (χ0v) is 12.3. The molecule has 0 spiro atoms. The summed E-state index contributed by atoms with van der Waals surface area (Å²) in [5.74, 6) is 6.91. The van der Waals surface area contributed by atoms with E-state index < -0.39 is 0 Å². The lowest BCUT2D eigenvalue weighted by atomic mass is 10.4. The van der Waals surface area contributed by atoms with Crippen molar-refractivity contribution in [3.05, 3.63) is 0 Å². The number of methoxy groups -OCH3 is 1. The van der Waals surface area contributed by atoms with E-state index in [2.05, 4.69) is 30.6 Å². The summed E-state index contributed by atoms with van der Waals surface area (Å²) in [6.45, 7) is 4.26. The largest absolute Gasteiger partial charge is 0.382 e. The third-order valence-electron chi connectivity index (χ3n) is 3.10.